The van der Waals surface area contributed by atoms with Gasteiger partial charge in [0.2, 0.25) is 0 Å². The van der Waals surface area contributed by atoms with E-state index < -0.39 is 22.2 Å². The molecule has 5 heteroatoms. The average molecular weight is 257 g/mol. The number of benzene rings is 1. The zero-order valence-electron chi connectivity index (χ0n) is 10.5. The first-order valence-electron chi connectivity index (χ1n) is 5.29. The van der Waals surface area contributed by atoms with E-state index in [0.29, 0.717) is 16.0 Å². The molecule has 1 aromatic rings. The van der Waals surface area contributed by atoms with E-state index in [0.717, 1.165) is 0 Å². The van der Waals surface area contributed by atoms with Crippen LogP contribution in [0.15, 0.2) is 23.1 Å². The molecular weight excluding hydrogens is 238 g/mol. The van der Waals surface area contributed by atoms with E-state index >= 15 is 0 Å². The van der Waals surface area contributed by atoms with Gasteiger partial charge in [-0.2, -0.15) is 0 Å². The van der Waals surface area contributed by atoms with Gasteiger partial charge in [-0.05, 0) is 51.0 Å². The standard InChI is InChI=1S/C12H19NO3S/c1-11(2,14)8-5-9(12(3,4)15)7-10(6-8)17(13)16/h5-7,14-15H,13H2,1-4H3. The molecule has 0 aliphatic rings. The predicted molar refractivity (Wildman–Crippen MR) is 67.5 cm³/mol. The lowest BCUT2D eigenvalue weighted by Crippen LogP contribution is -2.21. The molecule has 0 radical (unpaired) electrons. The van der Waals surface area contributed by atoms with Crippen molar-refractivity contribution in [2.24, 2.45) is 5.14 Å². The van der Waals surface area contributed by atoms with Crippen molar-refractivity contribution in [3.63, 3.8) is 0 Å². The zero-order valence-corrected chi connectivity index (χ0v) is 11.3. The maximum absolute atomic E-state index is 11.3. The first-order chi connectivity index (χ1) is 7.51. The minimum absolute atomic E-state index is 0.391. The molecule has 0 bridgehead atoms. The minimum atomic E-state index is -1.64. The molecule has 1 atom stereocenters. The lowest BCUT2D eigenvalue weighted by molar-refractivity contribution is 0.0713. The largest absolute Gasteiger partial charge is 0.386 e. The fraction of sp³-hybridized carbons (Fsp3) is 0.500. The molecule has 1 rings (SSSR count). The van der Waals surface area contributed by atoms with Crippen molar-refractivity contribution in [1.29, 1.82) is 0 Å². The molecule has 4 nitrogen and oxygen atoms in total. The van der Waals surface area contributed by atoms with Crippen molar-refractivity contribution in [3.8, 4) is 0 Å². The van der Waals surface area contributed by atoms with Crippen LogP contribution in [0.3, 0.4) is 0 Å². The monoisotopic (exact) mass is 257 g/mol. The Labute approximate surface area is 104 Å². The average Bonchev–Trinajstić information content (AvgIpc) is 2.14. The molecule has 0 spiro atoms. The van der Waals surface area contributed by atoms with Gasteiger partial charge in [-0.15, -0.1) is 0 Å². The van der Waals surface area contributed by atoms with Crippen molar-refractivity contribution in [2.45, 2.75) is 43.8 Å². The van der Waals surface area contributed by atoms with E-state index in [4.69, 9.17) is 5.14 Å². The van der Waals surface area contributed by atoms with Gasteiger partial charge in [-0.25, -0.2) is 9.35 Å². The second-order valence-electron chi connectivity index (χ2n) is 5.16. The number of rotatable bonds is 3. The van der Waals surface area contributed by atoms with Crippen LogP contribution < -0.4 is 5.14 Å². The molecule has 4 N–H and O–H groups in total. The van der Waals surface area contributed by atoms with E-state index in [9.17, 15) is 14.4 Å². The van der Waals surface area contributed by atoms with Crippen LogP contribution in [0.4, 0.5) is 0 Å². The van der Waals surface area contributed by atoms with E-state index in [2.05, 4.69) is 0 Å². The summed E-state index contributed by atoms with van der Waals surface area (Å²) >= 11 is 0. The summed E-state index contributed by atoms with van der Waals surface area (Å²) in [5.41, 5.74) is -0.998. The molecular formula is C12H19NO3S. The summed E-state index contributed by atoms with van der Waals surface area (Å²) in [7, 11) is -1.64. The lowest BCUT2D eigenvalue weighted by Gasteiger charge is -2.24. The summed E-state index contributed by atoms with van der Waals surface area (Å²) in [6.45, 7) is 6.50. The molecule has 1 aromatic carbocycles. The van der Waals surface area contributed by atoms with Crippen LogP contribution in [0.1, 0.15) is 38.8 Å². The highest BCUT2D eigenvalue weighted by Gasteiger charge is 2.23. The smallest absolute Gasteiger partial charge is 0.122 e. The Balaban J connectivity index is 3.45. The summed E-state index contributed by atoms with van der Waals surface area (Å²) in [4.78, 5) is 0.391. The molecule has 0 fully saturated rings. The fourth-order valence-electron chi connectivity index (χ4n) is 1.42. The fourth-order valence-corrected chi connectivity index (χ4v) is 1.91. The van der Waals surface area contributed by atoms with Crippen molar-refractivity contribution < 1.29 is 14.4 Å². The highest BCUT2D eigenvalue weighted by Crippen LogP contribution is 2.28. The highest BCUT2D eigenvalue weighted by molar-refractivity contribution is 7.82. The van der Waals surface area contributed by atoms with Gasteiger partial charge in [0.1, 0.15) is 11.0 Å². The van der Waals surface area contributed by atoms with Crippen molar-refractivity contribution in [1.82, 2.24) is 0 Å². The Bertz CT molecular complexity index is 412. The first-order valence-corrected chi connectivity index (χ1v) is 6.50. The van der Waals surface area contributed by atoms with Crippen LogP contribution in [0.25, 0.3) is 0 Å². The van der Waals surface area contributed by atoms with Gasteiger partial charge in [0.25, 0.3) is 0 Å². The summed E-state index contributed by atoms with van der Waals surface area (Å²) in [6, 6.07) is 4.87. The lowest BCUT2D eigenvalue weighted by atomic mass is 9.91. The molecule has 0 amide bonds. The number of nitrogens with two attached hydrogens (primary N) is 1. The van der Waals surface area contributed by atoms with Crippen LogP contribution in [0, 0.1) is 0 Å². The summed E-state index contributed by atoms with van der Waals surface area (Å²) in [6.07, 6.45) is 0. The Morgan fingerprint density at radius 1 is 1.00 bits per heavy atom. The molecule has 0 aliphatic heterocycles. The molecule has 0 saturated carbocycles. The van der Waals surface area contributed by atoms with Gasteiger partial charge < -0.3 is 10.2 Å². The first kappa shape index (κ1) is 14.3. The maximum atomic E-state index is 11.3. The normalized spacial score (nSPS) is 14.8. The van der Waals surface area contributed by atoms with Crippen LogP contribution in [-0.4, -0.2) is 14.4 Å². The Morgan fingerprint density at radius 3 is 1.59 bits per heavy atom. The van der Waals surface area contributed by atoms with E-state index in [1.807, 2.05) is 0 Å². The summed E-state index contributed by atoms with van der Waals surface area (Å²) in [5.74, 6) is 0. The van der Waals surface area contributed by atoms with E-state index in [1.165, 1.54) is 0 Å². The Morgan fingerprint density at radius 2 is 1.35 bits per heavy atom. The van der Waals surface area contributed by atoms with Gasteiger partial charge in [-0.3, -0.25) is 0 Å². The van der Waals surface area contributed by atoms with Gasteiger partial charge >= 0.3 is 0 Å². The van der Waals surface area contributed by atoms with Crippen LogP contribution in [0.5, 0.6) is 0 Å². The number of hydrogen-bond acceptors (Lipinski definition) is 3. The van der Waals surface area contributed by atoms with Gasteiger partial charge in [0.15, 0.2) is 0 Å². The van der Waals surface area contributed by atoms with Crippen molar-refractivity contribution in [3.05, 3.63) is 29.3 Å². The molecule has 17 heavy (non-hydrogen) atoms. The number of aliphatic hydroxyl groups is 2. The van der Waals surface area contributed by atoms with Crippen LogP contribution in [0.2, 0.25) is 0 Å². The maximum Gasteiger partial charge on any atom is 0.122 e. The van der Waals surface area contributed by atoms with Gasteiger partial charge in [0.05, 0.1) is 16.1 Å². The Hall–Kier alpha value is -0.750. The second-order valence-corrected chi connectivity index (χ2v) is 6.23. The third kappa shape index (κ3) is 3.61. The van der Waals surface area contributed by atoms with Gasteiger partial charge in [-0.1, -0.05) is 6.07 Å². The third-order valence-electron chi connectivity index (χ3n) is 2.55. The van der Waals surface area contributed by atoms with E-state index in [1.54, 1.807) is 45.9 Å². The summed E-state index contributed by atoms with van der Waals surface area (Å²) in [5, 5.41) is 25.3. The molecule has 0 aliphatic carbocycles. The van der Waals surface area contributed by atoms with Crippen LogP contribution in [-0.2, 0) is 22.2 Å². The zero-order chi connectivity index (χ0) is 13.4. The minimum Gasteiger partial charge on any atom is -0.386 e. The quantitative estimate of drug-likeness (QED) is 0.759. The predicted octanol–water partition coefficient (Wildman–Crippen LogP) is 1.12. The molecule has 0 saturated heterocycles. The summed E-state index contributed by atoms with van der Waals surface area (Å²) < 4.78 is 11.3. The van der Waals surface area contributed by atoms with E-state index in [-0.39, 0.29) is 0 Å². The highest BCUT2D eigenvalue weighted by atomic mass is 32.2. The molecule has 96 valence electrons. The number of hydrogen-bond donors (Lipinski definition) is 3. The molecule has 1 unspecified atom stereocenters. The molecule has 0 heterocycles. The van der Waals surface area contributed by atoms with Crippen molar-refractivity contribution >= 4 is 11.0 Å². The van der Waals surface area contributed by atoms with Gasteiger partial charge in [0, 0.05) is 0 Å². The van der Waals surface area contributed by atoms with Crippen LogP contribution >= 0.6 is 0 Å². The topological polar surface area (TPSA) is 83.5 Å². The SMILES string of the molecule is CC(C)(O)c1cc(S(N)=O)cc(C(C)(C)O)c1. The second kappa shape index (κ2) is 4.49. The Kier molecular flexibility index (Phi) is 3.78. The van der Waals surface area contributed by atoms with Crippen molar-refractivity contribution in [2.75, 3.05) is 0 Å². The molecule has 0 aromatic heterocycles. The third-order valence-corrected chi connectivity index (χ3v) is 3.25.